The molecule has 0 fully saturated rings. The van der Waals surface area contributed by atoms with E-state index >= 15 is 0 Å². The molecule has 5 heteroatoms. The van der Waals surface area contributed by atoms with Crippen molar-refractivity contribution >= 4 is 44.9 Å². The number of hydrogen-bond donors (Lipinski definition) is 0. The molecule has 0 aliphatic carbocycles. The van der Waals surface area contributed by atoms with Crippen LogP contribution in [0.1, 0.15) is 16.7 Å². The van der Waals surface area contributed by atoms with Crippen LogP contribution in [0, 0.1) is 13.8 Å². The molecule has 0 spiro atoms. The fourth-order valence-electron chi connectivity index (χ4n) is 2.90. The molecule has 0 amide bonds. The van der Waals surface area contributed by atoms with Crippen LogP contribution in [0.4, 0.5) is 0 Å². The normalized spacial score (nSPS) is 11.2. The van der Waals surface area contributed by atoms with Gasteiger partial charge in [0.05, 0.1) is 5.39 Å². The molecule has 0 aliphatic heterocycles. The molecule has 4 rings (SSSR count). The zero-order chi connectivity index (χ0) is 18.1. The highest BCUT2D eigenvalue weighted by Crippen LogP contribution is 2.39. The Morgan fingerprint density at radius 3 is 2.65 bits per heavy atom. The van der Waals surface area contributed by atoms with Gasteiger partial charge in [0.25, 0.3) is 0 Å². The summed E-state index contributed by atoms with van der Waals surface area (Å²) in [4.78, 5) is 10.1. The van der Waals surface area contributed by atoms with Gasteiger partial charge < -0.3 is 0 Å². The number of aryl methyl sites for hydroxylation is 2. The summed E-state index contributed by atoms with van der Waals surface area (Å²) in [7, 11) is 0. The lowest BCUT2D eigenvalue weighted by molar-refractivity contribution is 1.11. The summed E-state index contributed by atoms with van der Waals surface area (Å²) in [5.74, 6) is 0.898. The van der Waals surface area contributed by atoms with Crippen LogP contribution in [0.3, 0.4) is 0 Å². The molecule has 2 aromatic carbocycles. The van der Waals surface area contributed by atoms with Crippen LogP contribution < -0.4 is 0 Å². The van der Waals surface area contributed by atoms with Gasteiger partial charge in [0.15, 0.2) is 0 Å². The van der Waals surface area contributed by atoms with E-state index in [-0.39, 0.29) is 0 Å². The van der Waals surface area contributed by atoms with Crippen LogP contribution in [0.2, 0.25) is 5.02 Å². The highest BCUT2D eigenvalue weighted by atomic mass is 35.5. The summed E-state index contributed by atoms with van der Waals surface area (Å²) in [5, 5.41) is 5.07. The third-order valence-corrected chi connectivity index (χ3v) is 6.54. The number of halogens is 1. The maximum Gasteiger partial charge on any atom is 0.128 e. The maximum atomic E-state index is 6.04. The first-order chi connectivity index (χ1) is 12.6. The first kappa shape index (κ1) is 17.5. The summed E-state index contributed by atoms with van der Waals surface area (Å²) >= 11 is 9.47. The van der Waals surface area contributed by atoms with Crippen LogP contribution in [0.5, 0.6) is 0 Å². The minimum atomic E-state index is 0.744. The molecular weight excluding hydrogens is 380 g/mol. The van der Waals surface area contributed by atoms with Gasteiger partial charge in [-0.15, -0.1) is 23.1 Å². The van der Waals surface area contributed by atoms with E-state index < -0.39 is 0 Å². The van der Waals surface area contributed by atoms with Crippen molar-refractivity contribution in [2.75, 3.05) is 0 Å². The third-order valence-electron chi connectivity index (χ3n) is 4.36. The first-order valence-electron chi connectivity index (χ1n) is 8.29. The van der Waals surface area contributed by atoms with Gasteiger partial charge in [0.1, 0.15) is 16.2 Å². The van der Waals surface area contributed by atoms with Gasteiger partial charge in [0, 0.05) is 21.7 Å². The molecule has 0 saturated heterocycles. The second kappa shape index (κ2) is 7.39. The minimum Gasteiger partial charge on any atom is -0.229 e. The summed E-state index contributed by atoms with van der Waals surface area (Å²) in [5.41, 5.74) is 6.27. The first-order valence-corrected chi connectivity index (χ1v) is 10.5. The van der Waals surface area contributed by atoms with Gasteiger partial charge >= 0.3 is 0 Å². The lowest BCUT2D eigenvalue weighted by atomic mass is 10.1. The molecule has 0 bridgehead atoms. The van der Waals surface area contributed by atoms with Gasteiger partial charge in [-0.25, -0.2) is 9.97 Å². The Morgan fingerprint density at radius 1 is 1.04 bits per heavy atom. The molecule has 2 aromatic heterocycles. The smallest absolute Gasteiger partial charge is 0.128 e. The molecule has 0 atom stereocenters. The van der Waals surface area contributed by atoms with Crippen molar-refractivity contribution in [1.29, 1.82) is 0 Å². The van der Waals surface area contributed by atoms with Crippen molar-refractivity contribution in [3.63, 3.8) is 0 Å². The van der Waals surface area contributed by atoms with Crippen LogP contribution in [-0.4, -0.2) is 9.97 Å². The summed E-state index contributed by atoms with van der Waals surface area (Å²) in [6.07, 6.45) is 1.66. The van der Waals surface area contributed by atoms with E-state index in [9.17, 15) is 0 Å². The average Bonchev–Trinajstić information content (AvgIpc) is 3.08. The van der Waals surface area contributed by atoms with Crippen LogP contribution in [-0.2, 0) is 5.75 Å². The number of nitrogens with zero attached hydrogens (tertiary/aromatic N) is 2. The monoisotopic (exact) mass is 396 g/mol. The zero-order valence-corrected chi connectivity index (χ0v) is 16.9. The SMILES string of the molecule is Cc1ccc(C)c(CSc2ncnc3scc(-c4ccc(Cl)cc4)c23)c1. The van der Waals surface area contributed by atoms with E-state index in [1.807, 2.05) is 12.1 Å². The van der Waals surface area contributed by atoms with E-state index in [4.69, 9.17) is 11.6 Å². The van der Waals surface area contributed by atoms with E-state index in [2.05, 4.69) is 59.5 Å². The number of thioether (sulfide) groups is 1. The number of hydrogen-bond acceptors (Lipinski definition) is 4. The Kier molecular flexibility index (Phi) is 4.98. The molecular formula is C21H17ClN2S2. The predicted octanol–water partition coefficient (Wildman–Crippen LogP) is 6.92. The number of thiophene rings is 1. The Labute approximate surface area is 166 Å². The Bertz CT molecular complexity index is 1070. The molecule has 0 saturated carbocycles. The summed E-state index contributed by atoms with van der Waals surface area (Å²) in [6.45, 7) is 4.29. The number of fused-ring (bicyclic) bond motifs is 1. The molecule has 2 nitrogen and oxygen atoms in total. The summed E-state index contributed by atoms with van der Waals surface area (Å²) < 4.78 is 0. The van der Waals surface area contributed by atoms with E-state index in [1.54, 1.807) is 29.4 Å². The van der Waals surface area contributed by atoms with E-state index in [0.29, 0.717) is 0 Å². The highest BCUT2D eigenvalue weighted by Gasteiger charge is 2.14. The fraction of sp³-hybridized carbons (Fsp3) is 0.143. The number of rotatable bonds is 4. The molecule has 0 unspecified atom stereocenters. The number of benzene rings is 2. The Balaban J connectivity index is 1.72. The largest absolute Gasteiger partial charge is 0.229 e. The van der Waals surface area contributed by atoms with Crippen LogP contribution in [0.15, 0.2) is 59.2 Å². The van der Waals surface area contributed by atoms with Gasteiger partial charge in [-0.1, -0.05) is 47.5 Å². The lowest BCUT2D eigenvalue weighted by Gasteiger charge is -2.08. The van der Waals surface area contributed by atoms with Gasteiger partial charge in [0.2, 0.25) is 0 Å². The Hall–Kier alpha value is -1.88. The quantitative estimate of drug-likeness (QED) is 0.276. The van der Waals surface area contributed by atoms with Crippen molar-refractivity contribution in [2.24, 2.45) is 0 Å². The minimum absolute atomic E-state index is 0.744. The molecule has 0 aliphatic rings. The zero-order valence-electron chi connectivity index (χ0n) is 14.5. The predicted molar refractivity (Wildman–Crippen MR) is 113 cm³/mol. The van der Waals surface area contributed by atoms with Crippen molar-refractivity contribution in [3.8, 4) is 11.1 Å². The summed E-state index contributed by atoms with van der Waals surface area (Å²) in [6, 6.07) is 14.6. The van der Waals surface area contributed by atoms with Crippen LogP contribution >= 0.6 is 34.7 Å². The molecule has 130 valence electrons. The standard InChI is InChI=1S/C21H17ClN2S2/c1-13-3-4-14(2)16(9-13)10-25-20-19-18(11-26-21(19)24-12-23-20)15-5-7-17(22)8-6-15/h3-9,11-12H,10H2,1-2H3. The fourth-order valence-corrected chi connectivity index (χ4v) is 5.08. The second-order valence-corrected chi connectivity index (χ2v) is 8.49. The average molecular weight is 397 g/mol. The molecule has 0 radical (unpaired) electrons. The molecule has 0 N–H and O–H groups in total. The maximum absolute atomic E-state index is 6.04. The van der Waals surface area contributed by atoms with E-state index in [1.165, 1.54) is 22.3 Å². The molecule has 26 heavy (non-hydrogen) atoms. The van der Waals surface area contributed by atoms with Crippen LogP contribution in [0.25, 0.3) is 21.3 Å². The van der Waals surface area contributed by atoms with Crippen molar-refractivity contribution in [1.82, 2.24) is 9.97 Å². The highest BCUT2D eigenvalue weighted by molar-refractivity contribution is 7.98. The van der Waals surface area contributed by atoms with Crippen molar-refractivity contribution in [3.05, 3.63) is 75.9 Å². The second-order valence-electron chi connectivity index (χ2n) is 6.23. The van der Waals surface area contributed by atoms with Gasteiger partial charge in [-0.05, 0) is 42.7 Å². The Morgan fingerprint density at radius 2 is 1.85 bits per heavy atom. The van der Waals surface area contributed by atoms with E-state index in [0.717, 1.165) is 31.6 Å². The van der Waals surface area contributed by atoms with Gasteiger partial charge in [-0.3, -0.25) is 0 Å². The van der Waals surface area contributed by atoms with Crippen molar-refractivity contribution in [2.45, 2.75) is 24.6 Å². The third kappa shape index (κ3) is 3.50. The van der Waals surface area contributed by atoms with Gasteiger partial charge in [-0.2, -0.15) is 0 Å². The molecule has 2 heterocycles. The number of aromatic nitrogens is 2. The van der Waals surface area contributed by atoms with Crippen molar-refractivity contribution < 1.29 is 0 Å². The topological polar surface area (TPSA) is 25.8 Å². The molecule has 4 aromatic rings. The lowest BCUT2D eigenvalue weighted by Crippen LogP contribution is -1.90.